The molecule has 108 valence electrons. The SMILES string of the molecule is CCCOc1cccc2c1[nH]c(=S)n2-c1ccc(F)cc1. The molecule has 0 saturated heterocycles. The molecule has 0 amide bonds. The van der Waals surface area contributed by atoms with Crippen LogP contribution in [0.1, 0.15) is 13.3 Å². The van der Waals surface area contributed by atoms with E-state index in [1.807, 2.05) is 22.8 Å². The van der Waals surface area contributed by atoms with Gasteiger partial charge in [0, 0.05) is 5.69 Å². The summed E-state index contributed by atoms with van der Waals surface area (Å²) in [7, 11) is 0. The van der Waals surface area contributed by atoms with Crippen LogP contribution in [0.2, 0.25) is 0 Å². The van der Waals surface area contributed by atoms with Crippen molar-refractivity contribution in [3.63, 3.8) is 0 Å². The molecule has 3 rings (SSSR count). The van der Waals surface area contributed by atoms with E-state index >= 15 is 0 Å². The molecule has 1 aromatic heterocycles. The van der Waals surface area contributed by atoms with E-state index in [4.69, 9.17) is 17.0 Å². The highest BCUT2D eigenvalue weighted by Gasteiger charge is 2.10. The summed E-state index contributed by atoms with van der Waals surface area (Å²) < 4.78 is 21.3. The zero-order valence-electron chi connectivity index (χ0n) is 11.6. The van der Waals surface area contributed by atoms with Gasteiger partial charge >= 0.3 is 0 Å². The van der Waals surface area contributed by atoms with Gasteiger partial charge in [-0.05, 0) is 55.0 Å². The van der Waals surface area contributed by atoms with Gasteiger partial charge in [-0.2, -0.15) is 0 Å². The number of aromatic nitrogens is 2. The highest BCUT2D eigenvalue weighted by molar-refractivity contribution is 7.71. The van der Waals surface area contributed by atoms with Gasteiger partial charge in [0.15, 0.2) is 4.77 Å². The van der Waals surface area contributed by atoms with Gasteiger partial charge in [-0.3, -0.25) is 4.57 Å². The Labute approximate surface area is 127 Å². The average Bonchev–Trinajstić information content (AvgIpc) is 2.83. The number of aromatic amines is 1. The molecule has 0 bridgehead atoms. The van der Waals surface area contributed by atoms with Crippen molar-refractivity contribution in [2.24, 2.45) is 0 Å². The number of fused-ring (bicyclic) bond motifs is 1. The fraction of sp³-hybridized carbons (Fsp3) is 0.188. The summed E-state index contributed by atoms with van der Waals surface area (Å²) in [6.45, 7) is 2.72. The van der Waals surface area contributed by atoms with Crippen LogP contribution in [0.3, 0.4) is 0 Å². The third-order valence-corrected chi connectivity index (χ3v) is 3.51. The molecule has 5 heteroatoms. The number of para-hydroxylation sites is 1. The molecular formula is C16H15FN2OS. The zero-order valence-corrected chi connectivity index (χ0v) is 12.4. The van der Waals surface area contributed by atoms with E-state index in [-0.39, 0.29) is 5.82 Å². The van der Waals surface area contributed by atoms with Crippen LogP contribution in [0, 0.1) is 10.6 Å². The highest BCUT2D eigenvalue weighted by atomic mass is 32.1. The molecule has 0 fully saturated rings. The summed E-state index contributed by atoms with van der Waals surface area (Å²) in [6, 6.07) is 12.1. The van der Waals surface area contributed by atoms with Gasteiger partial charge in [0.25, 0.3) is 0 Å². The molecule has 0 spiro atoms. The first kappa shape index (κ1) is 13.8. The summed E-state index contributed by atoms with van der Waals surface area (Å²) in [5.74, 6) is 0.512. The standard InChI is InChI=1S/C16H15FN2OS/c1-2-10-20-14-5-3-4-13-15(14)18-16(21)19(13)12-8-6-11(17)7-9-12/h3-9H,2,10H2,1H3,(H,18,21). The first-order valence-electron chi connectivity index (χ1n) is 6.83. The van der Waals surface area contributed by atoms with E-state index in [1.54, 1.807) is 12.1 Å². The van der Waals surface area contributed by atoms with Gasteiger partial charge in [-0.1, -0.05) is 13.0 Å². The number of imidazole rings is 1. The minimum absolute atomic E-state index is 0.267. The molecule has 3 aromatic rings. The van der Waals surface area contributed by atoms with Crippen molar-refractivity contribution in [3.05, 3.63) is 53.1 Å². The fourth-order valence-corrected chi connectivity index (χ4v) is 2.59. The Morgan fingerprint density at radius 3 is 2.67 bits per heavy atom. The first-order chi connectivity index (χ1) is 10.2. The van der Waals surface area contributed by atoms with Gasteiger partial charge in [0.05, 0.1) is 12.1 Å². The van der Waals surface area contributed by atoms with Crippen molar-refractivity contribution in [2.75, 3.05) is 6.61 Å². The second kappa shape index (κ2) is 5.69. The van der Waals surface area contributed by atoms with E-state index in [2.05, 4.69) is 11.9 Å². The van der Waals surface area contributed by atoms with E-state index in [9.17, 15) is 4.39 Å². The van der Waals surface area contributed by atoms with Crippen LogP contribution in [-0.4, -0.2) is 16.2 Å². The lowest BCUT2D eigenvalue weighted by Gasteiger charge is -2.07. The third kappa shape index (κ3) is 2.56. The maximum atomic E-state index is 13.1. The summed E-state index contributed by atoms with van der Waals surface area (Å²) in [6.07, 6.45) is 0.940. The smallest absolute Gasteiger partial charge is 0.182 e. The molecule has 1 N–H and O–H groups in total. The van der Waals surface area contributed by atoms with Gasteiger partial charge in [-0.15, -0.1) is 0 Å². The Morgan fingerprint density at radius 1 is 1.19 bits per heavy atom. The maximum absolute atomic E-state index is 13.1. The topological polar surface area (TPSA) is 29.9 Å². The predicted octanol–water partition coefficient (Wildman–Crippen LogP) is 4.62. The first-order valence-corrected chi connectivity index (χ1v) is 7.24. The predicted molar refractivity (Wildman–Crippen MR) is 84.2 cm³/mol. The van der Waals surface area contributed by atoms with Crippen LogP contribution < -0.4 is 4.74 Å². The number of hydrogen-bond acceptors (Lipinski definition) is 2. The number of halogens is 1. The van der Waals surface area contributed by atoms with Crippen molar-refractivity contribution in [1.82, 2.24) is 9.55 Å². The third-order valence-electron chi connectivity index (χ3n) is 3.23. The van der Waals surface area contributed by atoms with Crippen molar-refractivity contribution < 1.29 is 9.13 Å². The minimum Gasteiger partial charge on any atom is -0.491 e. The van der Waals surface area contributed by atoms with Crippen LogP contribution >= 0.6 is 12.2 Å². The number of hydrogen-bond donors (Lipinski definition) is 1. The molecule has 0 aliphatic rings. The molecule has 1 heterocycles. The van der Waals surface area contributed by atoms with Crippen LogP contribution in [-0.2, 0) is 0 Å². The van der Waals surface area contributed by atoms with Gasteiger partial charge in [-0.25, -0.2) is 4.39 Å². The number of nitrogens with zero attached hydrogens (tertiary/aromatic N) is 1. The Bertz CT molecular complexity index is 820. The van der Waals surface area contributed by atoms with E-state index < -0.39 is 0 Å². The Balaban J connectivity index is 2.18. The Kier molecular flexibility index (Phi) is 3.75. The Hall–Kier alpha value is -2.14. The van der Waals surface area contributed by atoms with Crippen molar-refractivity contribution in [2.45, 2.75) is 13.3 Å². The minimum atomic E-state index is -0.267. The molecule has 0 aliphatic carbocycles. The lowest BCUT2D eigenvalue weighted by molar-refractivity contribution is 0.320. The molecule has 3 nitrogen and oxygen atoms in total. The molecule has 0 atom stereocenters. The molecule has 2 aromatic carbocycles. The second-order valence-electron chi connectivity index (χ2n) is 4.74. The number of benzene rings is 2. The lowest BCUT2D eigenvalue weighted by atomic mass is 10.2. The van der Waals surface area contributed by atoms with Crippen LogP contribution in [0.25, 0.3) is 16.7 Å². The van der Waals surface area contributed by atoms with Crippen LogP contribution in [0.4, 0.5) is 4.39 Å². The van der Waals surface area contributed by atoms with Crippen LogP contribution in [0.15, 0.2) is 42.5 Å². The zero-order chi connectivity index (χ0) is 14.8. The summed E-state index contributed by atoms with van der Waals surface area (Å²) in [5.41, 5.74) is 2.60. The van der Waals surface area contributed by atoms with Gasteiger partial charge < -0.3 is 9.72 Å². The monoisotopic (exact) mass is 302 g/mol. The number of rotatable bonds is 4. The van der Waals surface area contributed by atoms with Crippen molar-refractivity contribution in [3.8, 4) is 11.4 Å². The molecule has 0 saturated carbocycles. The quantitative estimate of drug-likeness (QED) is 0.713. The maximum Gasteiger partial charge on any atom is 0.182 e. The van der Waals surface area contributed by atoms with E-state index in [0.717, 1.165) is 28.9 Å². The number of H-pyrrole nitrogens is 1. The van der Waals surface area contributed by atoms with Crippen molar-refractivity contribution in [1.29, 1.82) is 0 Å². The van der Waals surface area contributed by atoms with Gasteiger partial charge in [0.1, 0.15) is 17.1 Å². The molecule has 0 radical (unpaired) electrons. The fourth-order valence-electron chi connectivity index (χ4n) is 2.28. The molecular weight excluding hydrogens is 287 g/mol. The summed E-state index contributed by atoms with van der Waals surface area (Å²) in [4.78, 5) is 3.18. The van der Waals surface area contributed by atoms with Gasteiger partial charge in [0.2, 0.25) is 0 Å². The molecule has 21 heavy (non-hydrogen) atoms. The summed E-state index contributed by atoms with van der Waals surface area (Å²) >= 11 is 5.40. The second-order valence-corrected chi connectivity index (χ2v) is 5.13. The average molecular weight is 302 g/mol. The number of nitrogens with one attached hydrogen (secondary N) is 1. The summed E-state index contributed by atoms with van der Waals surface area (Å²) in [5, 5.41) is 0. The Morgan fingerprint density at radius 2 is 1.95 bits per heavy atom. The largest absolute Gasteiger partial charge is 0.491 e. The number of ether oxygens (including phenoxy) is 1. The van der Waals surface area contributed by atoms with Crippen molar-refractivity contribution >= 4 is 23.3 Å². The van der Waals surface area contributed by atoms with E-state index in [0.29, 0.717) is 11.4 Å². The van der Waals surface area contributed by atoms with E-state index in [1.165, 1.54) is 12.1 Å². The molecule has 0 unspecified atom stereocenters. The molecule has 0 aliphatic heterocycles. The lowest BCUT2D eigenvalue weighted by Crippen LogP contribution is -1.96. The highest BCUT2D eigenvalue weighted by Crippen LogP contribution is 2.27. The normalized spacial score (nSPS) is 11.0. The van der Waals surface area contributed by atoms with Crippen LogP contribution in [0.5, 0.6) is 5.75 Å².